The van der Waals surface area contributed by atoms with Crippen LogP contribution in [-0.4, -0.2) is 33.0 Å². The van der Waals surface area contributed by atoms with Crippen LogP contribution in [0, 0.1) is 0 Å². The first-order valence-electron chi connectivity index (χ1n) is 9.22. The van der Waals surface area contributed by atoms with Gasteiger partial charge in [-0.1, -0.05) is 30.0 Å². The molecule has 1 amide bonds. The van der Waals surface area contributed by atoms with Gasteiger partial charge in [0.25, 0.3) is 0 Å². The largest absolute Gasteiger partial charge is 0.497 e. The molecule has 146 valence electrons. The lowest BCUT2D eigenvalue weighted by atomic mass is 10.2. The van der Waals surface area contributed by atoms with E-state index in [-0.39, 0.29) is 11.2 Å². The van der Waals surface area contributed by atoms with E-state index in [1.807, 2.05) is 42.6 Å². The zero-order valence-corrected chi connectivity index (χ0v) is 17.4. The fourth-order valence-electron chi connectivity index (χ4n) is 2.88. The maximum absolute atomic E-state index is 12.6. The van der Waals surface area contributed by atoms with Crippen molar-refractivity contribution in [3.63, 3.8) is 0 Å². The number of benzene rings is 1. The van der Waals surface area contributed by atoms with Crippen molar-refractivity contribution in [1.82, 2.24) is 20.1 Å². The van der Waals surface area contributed by atoms with E-state index < -0.39 is 0 Å². The molecule has 1 aromatic carbocycles. The lowest BCUT2D eigenvalue weighted by molar-refractivity contribution is -0.120. The molecule has 1 saturated carbocycles. The lowest BCUT2D eigenvalue weighted by Gasteiger charge is -2.13. The van der Waals surface area contributed by atoms with Gasteiger partial charge in [0.05, 0.1) is 17.2 Å². The van der Waals surface area contributed by atoms with Crippen molar-refractivity contribution in [3.05, 3.63) is 47.3 Å². The van der Waals surface area contributed by atoms with E-state index in [1.54, 1.807) is 18.4 Å². The Kier molecular flexibility index (Phi) is 5.68. The molecule has 4 rings (SSSR count). The number of hydrogen-bond acceptors (Lipinski definition) is 6. The summed E-state index contributed by atoms with van der Waals surface area (Å²) in [6, 6.07) is 12.2. The highest BCUT2D eigenvalue weighted by atomic mass is 32.2. The number of thiophene rings is 1. The van der Waals surface area contributed by atoms with Gasteiger partial charge in [0.1, 0.15) is 5.75 Å². The molecule has 1 N–H and O–H groups in total. The first-order chi connectivity index (χ1) is 13.7. The molecule has 8 heteroatoms. The number of thioether (sulfide) groups is 1. The van der Waals surface area contributed by atoms with E-state index >= 15 is 0 Å². The Labute approximate surface area is 172 Å². The molecule has 3 aromatic rings. The summed E-state index contributed by atoms with van der Waals surface area (Å²) in [5.74, 6) is 1.70. The Morgan fingerprint density at radius 2 is 2.11 bits per heavy atom. The SMILES string of the molecule is COc1ccc(CNC(=O)[C@H](C)Sc2nnc(-c3cccs3)n2C2CC2)cc1. The fourth-order valence-corrected chi connectivity index (χ4v) is 4.53. The van der Waals surface area contributed by atoms with Crippen LogP contribution in [0.4, 0.5) is 0 Å². The molecular weight excluding hydrogens is 392 g/mol. The third-order valence-corrected chi connectivity index (χ3v) is 6.52. The van der Waals surface area contributed by atoms with E-state index in [0.717, 1.165) is 40.0 Å². The second kappa shape index (κ2) is 8.36. The first-order valence-corrected chi connectivity index (χ1v) is 11.0. The molecular formula is C20H22N4O2S2. The van der Waals surface area contributed by atoms with E-state index in [2.05, 4.69) is 26.1 Å². The van der Waals surface area contributed by atoms with Gasteiger partial charge in [0, 0.05) is 12.6 Å². The average molecular weight is 415 g/mol. The molecule has 2 heterocycles. The van der Waals surface area contributed by atoms with Crippen molar-refractivity contribution in [3.8, 4) is 16.5 Å². The molecule has 1 atom stereocenters. The van der Waals surface area contributed by atoms with Crippen LogP contribution in [0.3, 0.4) is 0 Å². The summed E-state index contributed by atoms with van der Waals surface area (Å²) < 4.78 is 7.36. The first kappa shape index (κ1) is 19.0. The average Bonchev–Trinajstić information content (AvgIpc) is 3.24. The molecule has 0 unspecified atom stereocenters. The van der Waals surface area contributed by atoms with Crippen molar-refractivity contribution in [2.75, 3.05) is 7.11 Å². The van der Waals surface area contributed by atoms with Gasteiger partial charge in [0.2, 0.25) is 5.91 Å². The van der Waals surface area contributed by atoms with Crippen molar-refractivity contribution < 1.29 is 9.53 Å². The number of aromatic nitrogens is 3. The molecule has 2 aromatic heterocycles. The fraction of sp³-hybridized carbons (Fsp3) is 0.350. The molecule has 1 aliphatic rings. The number of methoxy groups -OCH3 is 1. The van der Waals surface area contributed by atoms with Gasteiger partial charge in [-0.05, 0) is 48.9 Å². The number of rotatable bonds is 8. The molecule has 28 heavy (non-hydrogen) atoms. The van der Waals surface area contributed by atoms with Crippen LogP contribution in [0.2, 0.25) is 0 Å². The Bertz CT molecular complexity index is 934. The Balaban J connectivity index is 1.40. The normalized spacial score (nSPS) is 14.6. The highest BCUT2D eigenvalue weighted by Gasteiger charge is 2.31. The number of ether oxygens (including phenoxy) is 1. The predicted octanol–water partition coefficient (Wildman–Crippen LogP) is 4.15. The van der Waals surface area contributed by atoms with Crippen LogP contribution in [0.15, 0.2) is 46.9 Å². The Morgan fingerprint density at radius 1 is 1.32 bits per heavy atom. The molecule has 0 radical (unpaired) electrons. The Hall–Kier alpha value is -2.32. The summed E-state index contributed by atoms with van der Waals surface area (Å²) in [4.78, 5) is 13.7. The summed E-state index contributed by atoms with van der Waals surface area (Å²) in [6.45, 7) is 2.40. The number of nitrogens with one attached hydrogen (secondary N) is 1. The number of hydrogen-bond donors (Lipinski definition) is 1. The van der Waals surface area contributed by atoms with Crippen LogP contribution in [0.25, 0.3) is 10.7 Å². The molecule has 0 bridgehead atoms. The summed E-state index contributed by atoms with van der Waals surface area (Å²) in [5.41, 5.74) is 1.03. The number of nitrogens with zero attached hydrogens (tertiary/aromatic N) is 3. The van der Waals surface area contributed by atoms with E-state index in [4.69, 9.17) is 4.74 Å². The minimum absolute atomic E-state index is 0.0103. The summed E-state index contributed by atoms with van der Waals surface area (Å²) >= 11 is 3.13. The van der Waals surface area contributed by atoms with Crippen molar-refractivity contribution in [1.29, 1.82) is 0 Å². The highest BCUT2D eigenvalue weighted by molar-refractivity contribution is 8.00. The van der Waals surface area contributed by atoms with Crippen LogP contribution in [0.1, 0.15) is 31.4 Å². The van der Waals surface area contributed by atoms with Gasteiger partial charge in [-0.15, -0.1) is 21.5 Å². The van der Waals surface area contributed by atoms with Crippen LogP contribution < -0.4 is 10.1 Å². The molecule has 1 fully saturated rings. The second-order valence-electron chi connectivity index (χ2n) is 6.71. The van der Waals surface area contributed by atoms with Crippen molar-refractivity contribution in [2.45, 2.75) is 42.8 Å². The molecule has 1 aliphatic carbocycles. The summed E-state index contributed by atoms with van der Waals surface area (Å²) in [7, 11) is 1.64. The van der Waals surface area contributed by atoms with Gasteiger partial charge in [0.15, 0.2) is 11.0 Å². The zero-order chi connectivity index (χ0) is 19.5. The maximum Gasteiger partial charge on any atom is 0.233 e. The van der Waals surface area contributed by atoms with Gasteiger partial charge < -0.3 is 10.1 Å². The lowest BCUT2D eigenvalue weighted by Crippen LogP contribution is -2.30. The third-order valence-electron chi connectivity index (χ3n) is 4.60. The van der Waals surface area contributed by atoms with E-state index in [1.165, 1.54) is 11.8 Å². The Morgan fingerprint density at radius 3 is 2.75 bits per heavy atom. The van der Waals surface area contributed by atoms with Crippen molar-refractivity contribution >= 4 is 29.0 Å². The standard InChI is InChI=1S/C20H22N4O2S2/c1-13(19(25)21-12-14-5-9-16(26-2)10-6-14)28-20-23-22-18(17-4-3-11-27-17)24(20)15-7-8-15/h3-6,9-11,13,15H,7-8,12H2,1-2H3,(H,21,25)/t13-/m0/s1. The van der Waals surface area contributed by atoms with Crippen molar-refractivity contribution in [2.24, 2.45) is 0 Å². The van der Waals surface area contributed by atoms with E-state index in [9.17, 15) is 4.79 Å². The molecule has 0 saturated heterocycles. The second-order valence-corrected chi connectivity index (χ2v) is 8.97. The number of carbonyl (C=O) groups excluding carboxylic acids is 1. The monoisotopic (exact) mass is 414 g/mol. The van der Waals surface area contributed by atoms with Gasteiger partial charge in [-0.25, -0.2) is 0 Å². The highest BCUT2D eigenvalue weighted by Crippen LogP contribution is 2.42. The molecule has 0 spiro atoms. The van der Waals surface area contributed by atoms with Gasteiger partial charge >= 0.3 is 0 Å². The topological polar surface area (TPSA) is 69.0 Å². The summed E-state index contributed by atoms with van der Waals surface area (Å²) in [5, 5.41) is 14.4. The molecule has 0 aliphatic heterocycles. The smallest absolute Gasteiger partial charge is 0.233 e. The van der Waals surface area contributed by atoms with Crippen LogP contribution in [-0.2, 0) is 11.3 Å². The van der Waals surface area contributed by atoms with Crippen LogP contribution >= 0.6 is 23.1 Å². The zero-order valence-electron chi connectivity index (χ0n) is 15.8. The van der Waals surface area contributed by atoms with Gasteiger partial charge in [-0.2, -0.15) is 0 Å². The third kappa shape index (κ3) is 4.23. The minimum Gasteiger partial charge on any atom is -0.497 e. The maximum atomic E-state index is 12.6. The predicted molar refractivity (Wildman–Crippen MR) is 112 cm³/mol. The summed E-state index contributed by atoms with van der Waals surface area (Å²) in [6.07, 6.45) is 2.28. The quantitative estimate of drug-likeness (QED) is 0.561. The minimum atomic E-state index is -0.254. The van der Waals surface area contributed by atoms with E-state index in [0.29, 0.717) is 12.6 Å². The number of amides is 1. The van der Waals surface area contributed by atoms with Crippen LogP contribution in [0.5, 0.6) is 5.75 Å². The molecule has 6 nitrogen and oxygen atoms in total. The number of carbonyl (C=O) groups is 1. The van der Waals surface area contributed by atoms with Gasteiger partial charge in [-0.3, -0.25) is 9.36 Å².